The fourth-order valence-electron chi connectivity index (χ4n) is 2.78. The summed E-state index contributed by atoms with van der Waals surface area (Å²) in [5.41, 5.74) is 0. The van der Waals surface area contributed by atoms with Crippen molar-refractivity contribution in [2.75, 3.05) is 6.54 Å². The Bertz CT molecular complexity index is 215. The van der Waals surface area contributed by atoms with E-state index in [1.807, 2.05) is 0 Å². The van der Waals surface area contributed by atoms with Gasteiger partial charge in [0.25, 0.3) is 0 Å². The minimum Gasteiger partial charge on any atom is -0.356 e. The first kappa shape index (κ1) is 14.5. The molecular formula is C15H29NO. The van der Waals surface area contributed by atoms with Gasteiger partial charge in [0.1, 0.15) is 0 Å². The topological polar surface area (TPSA) is 29.1 Å². The number of unbranched alkanes of at least 4 members (excludes halogenated alkanes) is 4. The van der Waals surface area contributed by atoms with E-state index < -0.39 is 0 Å². The van der Waals surface area contributed by atoms with Crippen LogP contribution in [-0.4, -0.2) is 12.5 Å². The van der Waals surface area contributed by atoms with E-state index in [0.29, 0.717) is 17.7 Å². The molecule has 1 aliphatic carbocycles. The Balaban J connectivity index is 2.07. The van der Waals surface area contributed by atoms with E-state index in [-0.39, 0.29) is 0 Å². The third kappa shape index (κ3) is 5.56. The Hall–Kier alpha value is -0.530. The lowest BCUT2D eigenvalue weighted by atomic mass is 9.80. The fraction of sp³-hybridized carbons (Fsp3) is 0.933. The lowest BCUT2D eigenvalue weighted by molar-refractivity contribution is -0.127. The van der Waals surface area contributed by atoms with Crippen LogP contribution in [0.5, 0.6) is 0 Å². The molecule has 0 aromatic rings. The number of hydrogen-bond acceptors (Lipinski definition) is 1. The third-order valence-corrected chi connectivity index (χ3v) is 4.03. The number of carbonyl (C=O) groups is 1. The van der Waals surface area contributed by atoms with Gasteiger partial charge in [0, 0.05) is 12.5 Å². The number of rotatable bonds is 7. The SMILES string of the molecule is CCCCCCCNC(=O)C1CCCCC1C. The summed E-state index contributed by atoms with van der Waals surface area (Å²) in [5.74, 6) is 1.19. The van der Waals surface area contributed by atoms with Crippen molar-refractivity contribution in [3.63, 3.8) is 0 Å². The molecule has 2 nitrogen and oxygen atoms in total. The molecule has 2 unspecified atom stereocenters. The van der Waals surface area contributed by atoms with Crippen molar-refractivity contribution < 1.29 is 4.79 Å². The van der Waals surface area contributed by atoms with E-state index in [0.717, 1.165) is 19.4 Å². The average Bonchev–Trinajstić information content (AvgIpc) is 2.34. The van der Waals surface area contributed by atoms with E-state index in [2.05, 4.69) is 19.2 Å². The standard InChI is InChI=1S/C15H29NO/c1-3-4-5-6-9-12-16-15(17)14-11-8-7-10-13(14)2/h13-14H,3-12H2,1-2H3,(H,16,17). The molecule has 1 amide bonds. The Labute approximate surface area is 107 Å². The van der Waals surface area contributed by atoms with Gasteiger partial charge in [0.2, 0.25) is 5.91 Å². The van der Waals surface area contributed by atoms with Crippen LogP contribution in [0.3, 0.4) is 0 Å². The molecule has 1 rings (SSSR count). The monoisotopic (exact) mass is 239 g/mol. The van der Waals surface area contributed by atoms with Gasteiger partial charge in [-0.3, -0.25) is 4.79 Å². The van der Waals surface area contributed by atoms with Crippen LogP contribution in [0.1, 0.15) is 71.6 Å². The Morgan fingerprint density at radius 3 is 2.53 bits per heavy atom. The molecule has 0 aliphatic heterocycles. The molecule has 2 atom stereocenters. The van der Waals surface area contributed by atoms with Crippen LogP contribution in [0.25, 0.3) is 0 Å². The van der Waals surface area contributed by atoms with Crippen LogP contribution in [0.15, 0.2) is 0 Å². The van der Waals surface area contributed by atoms with Crippen LogP contribution < -0.4 is 5.32 Å². The highest BCUT2D eigenvalue weighted by Crippen LogP contribution is 2.29. The molecule has 17 heavy (non-hydrogen) atoms. The van der Waals surface area contributed by atoms with Gasteiger partial charge in [-0.05, 0) is 25.2 Å². The maximum atomic E-state index is 12.0. The highest BCUT2D eigenvalue weighted by atomic mass is 16.1. The first-order valence-electron chi connectivity index (χ1n) is 7.53. The molecule has 0 radical (unpaired) electrons. The molecule has 100 valence electrons. The van der Waals surface area contributed by atoms with Crippen LogP contribution in [-0.2, 0) is 4.79 Å². The van der Waals surface area contributed by atoms with Gasteiger partial charge < -0.3 is 5.32 Å². The molecule has 0 heterocycles. The van der Waals surface area contributed by atoms with Crippen molar-refractivity contribution in [2.24, 2.45) is 11.8 Å². The second-order valence-corrected chi connectivity index (χ2v) is 5.57. The quantitative estimate of drug-likeness (QED) is 0.671. The Morgan fingerprint density at radius 1 is 1.12 bits per heavy atom. The fourth-order valence-corrected chi connectivity index (χ4v) is 2.78. The summed E-state index contributed by atoms with van der Waals surface area (Å²) in [6.07, 6.45) is 11.2. The van der Waals surface area contributed by atoms with Crippen LogP contribution in [0, 0.1) is 11.8 Å². The summed E-state index contributed by atoms with van der Waals surface area (Å²) in [6, 6.07) is 0. The molecule has 0 spiro atoms. The predicted molar refractivity (Wildman–Crippen MR) is 72.9 cm³/mol. The molecule has 0 aromatic carbocycles. The average molecular weight is 239 g/mol. The zero-order valence-corrected chi connectivity index (χ0v) is 11.6. The van der Waals surface area contributed by atoms with Crippen molar-refractivity contribution in [3.8, 4) is 0 Å². The molecular weight excluding hydrogens is 210 g/mol. The Morgan fingerprint density at radius 2 is 1.82 bits per heavy atom. The zero-order chi connectivity index (χ0) is 12.5. The van der Waals surface area contributed by atoms with Crippen LogP contribution in [0.4, 0.5) is 0 Å². The lowest BCUT2D eigenvalue weighted by Gasteiger charge is -2.27. The molecule has 2 heteroatoms. The number of hydrogen-bond donors (Lipinski definition) is 1. The van der Waals surface area contributed by atoms with Gasteiger partial charge in [0.05, 0.1) is 0 Å². The summed E-state index contributed by atoms with van der Waals surface area (Å²) < 4.78 is 0. The summed E-state index contributed by atoms with van der Waals surface area (Å²) in [7, 11) is 0. The third-order valence-electron chi connectivity index (χ3n) is 4.03. The van der Waals surface area contributed by atoms with Crippen molar-refractivity contribution in [1.29, 1.82) is 0 Å². The first-order chi connectivity index (χ1) is 8.25. The minimum absolute atomic E-state index is 0.291. The van der Waals surface area contributed by atoms with Crippen molar-refractivity contribution in [1.82, 2.24) is 5.32 Å². The van der Waals surface area contributed by atoms with Gasteiger partial charge in [-0.1, -0.05) is 52.4 Å². The van der Waals surface area contributed by atoms with E-state index >= 15 is 0 Å². The summed E-state index contributed by atoms with van der Waals surface area (Å²) in [4.78, 5) is 12.0. The molecule has 1 fully saturated rings. The zero-order valence-electron chi connectivity index (χ0n) is 11.6. The highest BCUT2D eigenvalue weighted by Gasteiger charge is 2.27. The second kappa shape index (κ2) is 8.54. The maximum absolute atomic E-state index is 12.0. The highest BCUT2D eigenvalue weighted by molar-refractivity contribution is 5.78. The van der Waals surface area contributed by atoms with E-state index in [4.69, 9.17) is 0 Å². The molecule has 1 N–H and O–H groups in total. The van der Waals surface area contributed by atoms with Crippen molar-refractivity contribution in [2.45, 2.75) is 71.6 Å². The molecule has 0 saturated heterocycles. The van der Waals surface area contributed by atoms with Crippen LogP contribution in [0.2, 0.25) is 0 Å². The van der Waals surface area contributed by atoms with Gasteiger partial charge in [-0.2, -0.15) is 0 Å². The van der Waals surface area contributed by atoms with Gasteiger partial charge in [0.15, 0.2) is 0 Å². The van der Waals surface area contributed by atoms with Gasteiger partial charge >= 0.3 is 0 Å². The van der Waals surface area contributed by atoms with E-state index in [1.165, 1.54) is 44.9 Å². The minimum atomic E-state index is 0.291. The number of amides is 1. The normalized spacial score (nSPS) is 24.6. The van der Waals surface area contributed by atoms with Gasteiger partial charge in [-0.25, -0.2) is 0 Å². The van der Waals surface area contributed by atoms with Crippen LogP contribution >= 0.6 is 0 Å². The summed E-state index contributed by atoms with van der Waals surface area (Å²) >= 11 is 0. The van der Waals surface area contributed by atoms with Gasteiger partial charge in [-0.15, -0.1) is 0 Å². The molecule has 1 aliphatic rings. The lowest BCUT2D eigenvalue weighted by Crippen LogP contribution is -2.36. The maximum Gasteiger partial charge on any atom is 0.223 e. The molecule has 1 saturated carbocycles. The first-order valence-corrected chi connectivity index (χ1v) is 7.53. The smallest absolute Gasteiger partial charge is 0.223 e. The van der Waals surface area contributed by atoms with Crippen molar-refractivity contribution >= 4 is 5.91 Å². The second-order valence-electron chi connectivity index (χ2n) is 5.57. The van der Waals surface area contributed by atoms with E-state index in [9.17, 15) is 4.79 Å². The van der Waals surface area contributed by atoms with E-state index in [1.54, 1.807) is 0 Å². The predicted octanol–water partition coefficient (Wildman–Crippen LogP) is 3.90. The molecule has 0 aromatic heterocycles. The van der Waals surface area contributed by atoms with Crippen molar-refractivity contribution in [3.05, 3.63) is 0 Å². The molecule has 0 bridgehead atoms. The summed E-state index contributed by atoms with van der Waals surface area (Å²) in [6.45, 7) is 5.34. The summed E-state index contributed by atoms with van der Waals surface area (Å²) in [5, 5.41) is 3.12. The number of carbonyl (C=O) groups excluding carboxylic acids is 1. The number of nitrogens with one attached hydrogen (secondary N) is 1. The largest absolute Gasteiger partial charge is 0.356 e. The Kier molecular flexibility index (Phi) is 7.30.